The quantitative estimate of drug-likeness (QED) is 0.730. The van der Waals surface area contributed by atoms with Gasteiger partial charge in [-0.1, -0.05) is 6.92 Å². The molecule has 0 aromatic carbocycles. The van der Waals surface area contributed by atoms with Gasteiger partial charge in [0.1, 0.15) is 0 Å². The summed E-state index contributed by atoms with van der Waals surface area (Å²) in [6.45, 7) is 6.36. The zero-order chi connectivity index (χ0) is 10.3. The molecule has 0 radical (unpaired) electrons. The highest BCUT2D eigenvalue weighted by molar-refractivity contribution is 8.00. The summed E-state index contributed by atoms with van der Waals surface area (Å²) in [5.41, 5.74) is 0. The van der Waals surface area contributed by atoms with Crippen molar-refractivity contribution in [2.75, 3.05) is 25.4 Å². The van der Waals surface area contributed by atoms with Crippen molar-refractivity contribution in [1.29, 1.82) is 0 Å². The van der Waals surface area contributed by atoms with E-state index in [1.54, 1.807) is 0 Å². The Morgan fingerprint density at radius 1 is 1.27 bits per heavy atom. The molecular weight excluding hydrogens is 204 g/mol. The van der Waals surface area contributed by atoms with Crippen LogP contribution in [0.2, 0.25) is 0 Å². The van der Waals surface area contributed by atoms with E-state index in [1.165, 1.54) is 44.6 Å². The molecule has 0 amide bonds. The third-order valence-corrected chi connectivity index (χ3v) is 5.74. The second-order valence-corrected chi connectivity index (χ2v) is 6.83. The number of hydrogen-bond donors (Lipinski definition) is 1. The van der Waals surface area contributed by atoms with E-state index in [9.17, 15) is 0 Å². The Hall–Kier alpha value is 0.270. The molecule has 4 atom stereocenters. The number of nitrogens with zero attached hydrogens (tertiary/aromatic N) is 1. The monoisotopic (exact) mass is 226 g/mol. The molecule has 3 rings (SSSR count). The van der Waals surface area contributed by atoms with Gasteiger partial charge in [-0.15, -0.1) is 0 Å². The van der Waals surface area contributed by atoms with Crippen LogP contribution in [0.4, 0.5) is 0 Å². The standard InChI is InChI=1S/C12H22N2S/c1-9-12(4-6-15-9)14-7-10-3-2-5-13-11(10)8-14/h9-13H,2-8H2,1H3. The molecule has 0 bridgehead atoms. The molecule has 4 unspecified atom stereocenters. The smallest absolute Gasteiger partial charge is 0.0235 e. The average molecular weight is 226 g/mol. The van der Waals surface area contributed by atoms with Crippen molar-refractivity contribution in [3.63, 3.8) is 0 Å². The van der Waals surface area contributed by atoms with Crippen LogP contribution in [0.3, 0.4) is 0 Å². The zero-order valence-corrected chi connectivity index (χ0v) is 10.4. The Morgan fingerprint density at radius 2 is 2.20 bits per heavy atom. The van der Waals surface area contributed by atoms with Crippen LogP contribution in [-0.2, 0) is 0 Å². The van der Waals surface area contributed by atoms with E-state index in [0.717, 1.165) is 23.3 Å². The maximum atomic E-state index is 3.70. The number of nitrogens with one attached hydrogen (secondary N) is 1. The van der Waals surface area contributed by atoms with E-state index in [-0.39, 0.29) is 0 Å². The van der Waals surface area contributed by atoms with E-state index in [0.29, 0.717) is 0 Å². The number of thioether (sulfide) groups is 1. The van der Waals surface area contributed by atoms with Crippen molar-refractivity contribution in [2.45, 2.75) is 43.5 Å². The highest BCUT2D eigenvalue weighted by Crippen LogP contribution is 2.35. The predicted octanol–water partition coefficient (Wildman–Crippen LogP) is 1.56. The third-order valence-electron chi connectivity index (χ3n) is 4.43. The summed E-state index contributed by atoms with van der Waals surface area (Å²) in [6, 6.07) is 1.69. The lowest BCUT2D eigenvalue weighted by Gasteiger charge is -2.26. The van der Waals surface area contributed by atoms with Gasteiger partial charge in [-0.3, -0.25) is 4.90 Å². The van der Waals surface area contributed by atoms with Crippen molar-refractivity contribution < 1.29 is 0 Å². The first-order chi connectivity index (χ1) is 7.34. The highest BCUT2D eigenvalue weighted by Gasteiger charge is 2.39. The summed E-state index contributed by atoms with van der Waals surface area (Å²) >= 11 is 2.16. The van der Waals surface area contributed by atoms with Crippen molar-refractivity contribution >= 4 is 11.8 Å². The fraction of sp³-hybridized carbons (Fsp3) is 1.00. The zero-order valence-electron chi connectivity index (χ0n) is 9.61. The first kappa shape index (κ1) is 10.4. The molecule has 0 saturated carbocycles. The summed E-state index contributed by atoms with van der Waals surface area (Å²) < 4.78 is 0. The van der Waals surface area contributed by atoms with Crippen molar-refractivity contribution in [3.05, 3.63) is 0 Å². The number of hydrogen-bond acceptors (Lipinski definition) is 3. The van der Waals surface area contributed by atoms with Crippen molar-refractivity contribution in [3.8, 4) is 0 Å². The Kier molecular flexibility index (Phi) is 2.97. The molecule has 3 aliphatic rings. The van der Waals surface area contributed by atoms with Gasteiger partial charge in [0.15, 0.2) is 0 Å². The molecule has 0 aromatic rings. The molecule has 3 aliphatic heterocycles. The number of piperidine rings is 1. The van der Waals surface area contributed by atoms with Crippen LogP contribution in [0.25, 0.3) is 0 Å². The molecule has 0 aromatic heterocycles. The van der Waals surface area contributed by atoms with Gasteiger partial charge in [-0.25, -0.2) is 0 Å². The summed E-state index contributed by atoms with van der Waals surface area (Å²) in [7, 11) is 0. The molecular formula is C12H22N2S. The van der Waals surface area contributed by atoms with Crippen LogP contribution in [0, 0.1) is 5.92 Å². The van der Waals surface area contributed by atoms with Crippen LogP contribution in [0.5, 0.6) is 0 Å². The molecule has 1 N–H and O–H groups in total. The third kappa shape index (κ3) is 1.94. The summed E-state index contributed by atoms with van der Waals surface area (Å²) in [5, 5.41) is 4.57. The normalized spacial score (nSPS) is 47.0. The molecule has 2 nitrogen and oxygen atoms in total. The maximum Gasteiger partial charge on any atom is 0.0235 e. The first-order valence-corrected chi connectivity index (χ1v) is 7.48. The number of fused-ring (bicyclic) bond motifs is 1. The summed E-state index contributed by atoms with van der Waals surface area (Å²) in [6.07, 6.45) is 4.28. The Labute approximate surface area is 97.2 Å². The second kappa shape index (κ2) is 4.27. The fourth-order valence-electron chi connectivity index (χ4n) is 3.55. The van der Waals surface area contributed by atoms with Crippen LogP contribution >= 0.6 is 11.8 Å². The molecule has 0 aliphatic carbocycles. The summed E-state index contributed by atoms with van der Waals surface area (Å²) in [5.74, 6) is 2.34. The topological polar surface area (TPSA) is 15.3 Å². The molecule has 15 heavy (non-hydrogen) atoms. The van der Waals surface area contributed by atoms with Gasteiger partial charge in [0.05, 0.1) is 0 Å². The minimum atomic E-state index is 0.816. The molecule has 3 saturated heterocycles. The highest BCUT2D eigenvalue weighted by atomic mass is 32.2. The van der Waals surface area contributed by atoms with E-state index >= 15 is 0 Å². The minimum absolute atomic E-state index is 0.816. The summed E-state index contributed by atoms with van der Waals surface area (Å²) in [4.78, 5) is 2.78. The van der Waals surface area contributed by atoms with E-state index in [4.69, 9.17) is 0 Å². The largest absolute Gasteiger partial charge is 0.312 e. The molecule has 3 fully saturated rings. The number of rotatable bonds is 1. The van der Waals surface area contributed by atoms with Gasteiger partial charge in [-0.05, 0) is 37.5 Å². The van der Waals surface area contributed by atoms with E-state index in [2.05, 4.69) is 28.9 Å². The Balaban J connectivity index is 1.64. The van der Waals surface area contributed by atoms with Crippen molar-refractivity contribution in [2.24, 2.45) is 5.92 Å². The van der Waals surface area contributed by atoms with Crippen LogP contribution in [0.1, 0.15) is 26.2 Å². The Bertz CT molecular complexity index is 220. The van der Waals surface area contributed by atoms with Gasteiger partial charge in [0.2, 0.25) is 0 Å². The van der Waals surface area contributed by atoms with Crippen molar-refractivity contribution in [1.82, 2.24) is 10.2 Å². The lowest BCUT2D eigenvalue weighted by molar-refractivity contribution is 0.233. The first-order valence-electron chi connectivity index (χ1n) is 6.43. The molecule has 0 spiro atoms. The lowest BCUT2D eigenvalue weighted by Crippen LogP contribution is -2.42. The fourth-order valence-corrected chi connectivity index (χ4v) is 4.83. The SMILES string of the molecule is CC1SCCC1N1CC2CCCNC2C1. The van der Waals surface area contributed by atoms with E-state index in [1.807, 2.05) is 0 Å². The maximum absolute atomic E-state index is 3.70. The van der Waals surface area contributed by atoms with Gasteiger partial charge in [0, 0.05) is 30.4 Å². The minimum Gasteiger partial charge on any atom is -0.312 e. The van der Waals surface area contributed by atoms with E-state index < -0.39 is 0 Å². The molecule has 3 heterocycles. The molecule has 3 heteroatoms. The average Bonchev–Trinajstić information content (AvgIpc) is 2.82. The Morgan fingerprint density at radius 3 is 2.93 bits per heavy atom. The van der Waals surface area contributed by atoms with Gasteiger partial charge in [0.25, 0.3) is 0 Å². The van der Waals surface area contributed by atoms with Gasteiger partial charge < -0.3 is 5.32 Å². The van der Waals surface area contributed by atoms with Crippen LogP contribution in [-0.4, -0.2) is 47.6 Å². The number of likely N-dealkylation sites (tertiary alicyclic amines) is 1. The van der Waals surface area contributed by atoms with Gasteiger partial charge in [-0.2, -0.15) is 11.8 Å². The second-order valence-electron chi connectivity index (χ2n) is 5.35. The van der Waals surface area contributed by atoms with Gasteiger partial charge >= 0.3 is 0 Å². The van der Waals surface area contributed by atoms with Crippen LogP contribution < -0.4 is 5.32 Å². The predicted molar refractivity (Wildman–Crippen MR) is 66.4 cm³/mol. The molecule has 86 valence electrons. The lowest BCUT2D eigenvalue weighted by atomic mass is 9.94. The van der Waals surface area contributed by atoms with Crippen LogP contribution in [0.15, 0.2) is 0 Å².